The number of ketones is 1. The summed E-state index contributed by atoms with van der Waals surface area (Å²) in [6, 6.07) is 15.9. The molecule has 0 spiro atoms. The topological polar surface area (TPSA) is 29.5 Å². The Balaban J connectivity index is 1.64. The first-order chi connectivity index (χ1) is 15.8. The first kappa shape index (κ1) is 24.2. The number of benzene rings is 2. The van der Waals surface area contributed by atoms with Crippen LogP contribution in [0.2, 0.25) is 0 Å². The van der Waals surface area contributed by atoms with E-state index in [1.54, 1.807) is 0 Å². The van der Waals surface area contributed by atoms with Crippen molar-refractivity contribution in [1.29, 1.82) is 0 Å². The van der Waals surface area contributed by atoms with Crippen molar-refractivity contribution in [3.05, 3.63) is 70.3 Å². The summed E-state index contributed by atoms with van der Waals surface area (Å²) >= 11 is 0. The Labute approximate surface area is 200 Å². The van der Waals surface area contributed by atoms with Crippen LogP contribution in [-0.2, 0) is 11.3 Å². The van der Waals surface area contributed by atoms with Crippen LogP contribution in [0.4, 0.5) is 0 Å². The number of carbonyl (C=O) groups is 1. The van der Waals surface area contributed by atoms with Gasteiger partial charge in [-0.05, 0) is 52.8 Å². The zero-order valence-electron chi connectivity index (χ0n) is 21.3. The van der Waals surface area contributed by atoms with E-state index < -0.39 is 0 Å². The summed E-state index contributed by atoms with van der Waals surface area (Å²) in [5.41, 5.74) is 6.19. The molecule has 2 aliphatic heterocycles. The molecule has 2 heterocycles. The molecule has 33 heavy (non-hydrogen) atoms. The van der Waals surface area contributed by atoms with Gasteiger partial charge in [0.05, 0.1) is 13.2 Å². The lowest BCUT2D eigenvalue weighted by Gasteiger charge is -2.48. The summed E-state index contributed by atoms with van der Waals surface area (Å²) < 4.78 is 5.95. The molecule has 2 saturated heterocycles. The van der Waals surface area contributed by atoms with Gasteiger partial charge < -0.3 is 4.74 Å². The van der Waals surface area contributed by atoms with Crippen LogP contribution in [-0.4, -0.2) is 36.0 Å². The van der Waals surface area contributed by atoms with Crippen LogP contribution in [0.25, 0.3) is 0 Å². The molecule has 178 valence electrons. The van der Waals surface area contributed by atoms with Gasteiger partial charge >= 0.3 is 0 Å². The molecule has 3 heteroatoms. The highest BCUT2D eigenvalue weighted by Gasteiger charge is 2.42. The molecule has 2 aromatic rings. The molecule has 2 bridgehead atoms. The van der Waals surface area contributed by atoms with Gasteiger partial charge in [-0.2, -0.15) is 0 Å². The number of Topliss-reactive ketones (excluding diaryl/α,β-unsaturated/α-hetero) is 1. The minimum atomic E-state index is 0.0795. The van der Waals surface area contributed by atoms with Crippen molar-refractivity contribution in [2.45, 2.75) is 90.8 Å². The van der Waals surface area contributed by atoms with E-state index >= 15 is 0 Å². The maximum atomic E-state index is 14.2. The van der Waals surface area contributed by atoms with Gasteiger partial charge in [0, 0.05) is 30.1 Å². The van der Waals surface area contributed by atoms with Crippen molar-refractivity contribution in [1.82, 2.24) is 4.90 Å². The van der Waals surface area contributed by atoms with Gasteiger partial charge in [0.2, 0.25) is 0 Å². The monoisotopic (exact) mass is 447 g/mol. The molecule has 2 fully saturated rings. The zero-order valence-corrected chi connectivity index (χ0v) is 21.3. The maximum Gasteiger partial charge on any atom is 0.166 e. The number of rotatable bonds is 7. The number of hydrogen-bond donors (Lipinski definition) is 0. The summed E-state index contributed by atoms with van der Waals surface area (Å²) in [4.78, 5) is 16.8. The molecule has 0 radical (unpaired) electrons. The van der Waals surface area contributed by atoms with Gasteiger partial charge in [0.25, 0.3) is 0 Å². The van der Waals surface area contributed by atoms with Gasteiger partial charge in [-0.25, -0.2) is 0 Å². The van der Waals surface area contributed by atoms with Crippen molar-refractivity contribution in [3.8, 4) is 0 Å². The average Bonchev–Trinajstić information content (AvgIpc) is 2.78. The minimum Gasteiger partial charge on any atom is -0.378 e. The molecule has 2 atom stereocenters. The molecular formula is C30H41NO2. The fraction of sp³-hybridized carbons (Fsp3) is 0.567. The van der Waals surface area contributed by atoms with Gasteiger partial charge in [0.15, 0.2) is 5.78 Å². The molecule has 0 aliphatic carbocycles. The lowest BCUT2D eigenvalue weighted by Crippen LogP contribution is -2.57. The van der Waals surface area contributed by atoms with E-state index in [4.69, 9.17) is 4.74 Å². The second-order valence-electron chi connectivity index (χ2n) is 11.1. The minimum absolute atomic E-state index is 0.0795. The summed E-state index contributed by atoms with van der Waals surface area (Å²) in [5.74, 6) is 1.58. The maximum absolute atomic E-state index is 14.2. The fourth-order valence-corrected chi connectivity index (χ4v) is 5.70. The summed E-state index contributed by atoms with van der Waals surface area (Å²) in [6.07, 6.45) is 1.78. The molecule has 0 aromatic heterocycles. The standard InChI is InChI=1S/C30H41NO2/c1-19(2)23-14-27(20(3)4)29(28(15-23)21(5)6)30(32)24-12-25-17-33-18-26(13-24)31(25)16-22-10-8-7-9-11-22/h7-11,14-15,19-21,24-26H,12-13,16-18H2,1-6H3. The molecule has 0 amide bonds. The normalized spacial score (nSPS) is 23.5. The number of ether oxygens (including phenoxy) is 1. The Morgan fingerprint density at radius 2 is 1.42 bits per heavy atom. The van der Waals surface area contributed by atoms with Crippen molar-refractivity contribution in [2.75, 3.05) is 13.2 Å². The Morgan fingerprint density at radius 1 is 0.879 bits per heavy atom. The Kier molecular flexibility index (Phi) is 7.40. The second kappa shape index (κ2) is 10.1. The van der Waals surface area contributed by atoms with E-state index in [0.717, 1.165) is 38.2 Å². The van der Waals surface area contributed by atoms with Crippen LogP contribution in [0.15, 0.2) is 42.5 Å². The van der Waals surface area contributed by atoms with Gasteiger partial charge in [-0.3, -0.25) is 9.69 Å². The third kappa shape index (κ3) is 5.10. The molecule has 0 N–H and O–H groups in total. The van der Waals surface area contributed by atoms with E-state index in [0.29, 0.717) is 35.6 Å². The average molecular weight is 448 g/mol. The third-order valence-corrected chi connectivity index (χ3v) is 7.63. The number of morpholine rings is 1. The summed E-state index contributed by atoms with van der Waals surface area (Å²) in [7, 11) is 0. The fourth-order valence-electron chi connectivity index (χ4n) is 5.70. The third-order valence-electron chi connectivity index (χ3n) is 7.63. The molecule has 4 rings (SSSR count). The van der Waals surface area contributed by atoms with E-state index in [-0.39, 0.29) is 5.92 Å². The Hall–Kier alpha value is -1.97. The zero-order chi connectivity index (χ0) is 23.7. The van der Waals surface area contributed by atoms with Crippen LogP contribution < -0.4 is 0 Å². The van der Waals surface area contributed by atoms with Crippen LogP contribution in [0.3, 0.4) is 0 Å². The number of piperidine rings is 1. The highest BCUT2D eigenvalue weighted by molar-refractivity contribution is 6.01. The van der Waals surface area contributed by atoms with E-state index in [1.807, 2.05) is 0 Å². The molecular weight excluding hydrogens is 406 g/mol. The molecule has 2 unspecified atom stereocenters. The van der Waals surface area contributed by atoms with Crippen molar-refractivity contribution in [2.24, 2.45) is 5.92 Å². The number of nitrogens with zero attached hydrogens (tertiary/aromatic N) is 1. The van der Waals surface area contributed by atoms with Crippen molar-refractivity contribution < 1.29 is 9.53 Å². The molecule has 3 nitrogen and oxygen atoms in total. The number of hydrogen-bond acceptors (Lipinski definition) is 3. The summed E-state index contributed by atoms with van der Waals surface area (Å²) in [6.45, 7) is 15.8. The SMILES string of the molecule is CC(C)c1cc(C(C)C)c(C(=O)C2CC3COCC(C2)N3Cc2ccccc2)c(C(C)C)c1. The quantitative estimate of drug-likeness (QED) is 0.432. The Bertz CT molecular complexity index is 920. The highest BCUT2D eigenvalue weighted by atomic mass is 16.5. The van der Waals surface area contributed by atoms with Crippen LogP contribution >= 0.6 is 0 Å². The van der Waals surface area contributed by atoms with E-state index in [9.17, 15) is 4.79 Å². The lowest BCUT2D eigenvalue weighted by atomic mass is 9.75. The first-order valence-corrected chi connectivity index (χ1v) is 12.9. The number of carbonyl (C=O) groups excluding carboxylic acids is 1. The second-order valence-corrected chi connectivity index (χ2v) is 11.1. The predicted molar refractivity (Wildman–Crippen MR) is 136 cm³/mol. The van der Waals surface area contributed by atoms with E-state index in [2.05, 4.69) is 88.9 Å². The van der Waals surface area contributed by atoms with Crippen molar-refractivity contribution >= 4 is 5.78 Å². The summed E-state index contributed by atoms with van der Waals surface area (Å²) in [5, 5.41) is 0. The van der Waals surface area contributed by atoms with Crippen LogP contribution in [0.5, 0.6) is 0 Å². The van der Waals surface area contributed by atoms with Crippen LogP contribution in [0, 0.1) is 5.92 Å². The van der Waals surface area contributed by atoms with Crippen LogP contribution in [0.1, 0.15) is 105 Å². The predicted octanol–water partition coefficient (Wildman–Crippen LogP) is 6.92. The first-order valence-electron chi connectivity index (χ1n) is 12.9. The van der Waals surface area contributed by atoms with Gasteiger partial charge in [0.1, 0.15) is 0 Å². The molecule has 0 saturated carbocycles. The molecule has 2 aromatic carbocycles. The van der Waals surface area contributed by atoms with Crippen molar-refractivity contribution in [3.63, 3.8) is 0 Å². The Morgan fingerprint density at radius 3 is 1.91 bits per heavy atom. The van der Waals surface area contributed by atoms with Gasteiger partial charge in [-0.15, -0.1) is 0 Å². The lowest BCUT2D eigenvalue weighted by molar-refractivity contribution is -0.0873. The highest BCUT2D eigenvalue weighted by Crippen LogP contribution is 2.39. The van der Waals surface area contributed by atoms with Gasteiger partial charge in [-0.1, -0.05) is 84.0 Å². The van der Waals surface area contributed by atoms with E-state index in [1.165, 1.54) is 22.3 Å². The molecule has 2 aliphatic rings. The number of fused-ring (bicyclic) bond motifs is 2. The largest absolute Gasteiger partial charge is 0.378 e. The smallest absolute Gasteiger partial charge is 0.166 e.